The van der Waals surface area contributed by atoms with E-state index in [4.69, 9.17) is 0 Å². The molecule has 0 radical (unpaired) electrons. The predicted molar refractivity (Wildman–Crippen MR) is 91.3 cm³/mol. The summed E-state index contributed by atoms with van der Waals surface area (Å²) in [7, 11) is 0. The van der Waals surface area contributed by atoms with Gasteiger partial charge >= 0.3 is 0 Å². The molecule has 2 aromatic heterocycles. The number of hydrogen-bond donors (Lipinski definition) is 0. The van der Waals surface area contributed by atoms with Gasteiger partial charge in [-0.05, 0) is 48.4 Å². The third-order valence-electron chi connectivity index (χ3n) is 5.74. The van der Waals surface area contributed by atoms with Crippen LogP contribution in [0.2, 0.25) is 0 Å². The Bertz CT molecular complexity index is 688. The fourth-order valence-electron chi connectivity index (χ4n) is 4.89. The van der Waals surface area contributed by atoms with Gasteiger partial charge in [0.1, 0.15) is 0 Å². The van der Waals surface area contributed by atoms with Gasteiger partial charge in [0.05, 0.1) is 11.9 Å². The monoisotopic (exact) mass is 306 g/mol. The molecule has 0 aromatic carbocycles. The van der Waals surface area contributed by atoms with Crippen LogP contribution in [0.3, 0.4) is 0 Å². The van der Waals surface area contributed by atoms with E-state index in [1.807, 2.05) is 24.8 Å². The summed E-state index contributed by atoms with van der Waals surface area (Å²) in [6, 6.07) is 7.09. The zero-order valence-electron chi connectivity index (χ0n) is 13.3. The van der Waals surface area contributed by atoms with Crippen LogP contribution in [0.15, 0.2) is 43.0 Å². The van der Waals surface area contributed by atoms with Gasteiger partial charge in [-0.2, -0.15) is 0 Å². The van der Waals surface area contributed by atoms with Gasteiger partial charge in [-0.1, -0.05) is 0 Å². The maximum absolute atomic E-state index is 4.54. The second kappa shape index (κ2) is 5.31. The predicted octanol–water partition coefficient (Wildman–Crippen LogP) is 2.67. The second-order valence-corrected chi connectivity index (χ2v) is 7.40. The smallest absolute Gasteiger partial charge is 0.0562 e. The van der Waals surface area contributed by atoms with E-state index in [0.29, 0.717) is 6.04 Å². The minimum atomic E-state index is 0.663. The van der Waals surface area contributed by atoms with Gasteiger partial charge in [0.25, 0.3) is 0 Å². The first-order valence-corrected chi connectivity index (χ1v) is 8.69. The van der Waals surface area contributed by atoms with Crippen LogP contribution in [-0.4, -0.2) is 47.1 Å². The minimum Gasteiger partial charge on any atom is -0.366 e. The quantitative estimate of drug-likeness (QED) is 0.854. The molecule has 6 rings (SSSR count). The van der Waals surface area contributed by atoms with Crippen molar-refractivity contribution in [1.29, 1.82) is 0 Å². The molecule has 6 heterocycles. The number of nitrogens with zero attached hydrogens (tertiary/aromatic N) is 4. The van der Waals surface area contributed by atoms with E-state index in [1.54, 1.807) is 0 Å². The molecule has 4 bridgehead atoms. The summed E-state index contributed by atoms with van der Waals surface area (Å²) >= 11 is 0. The average Bonchev–Trinajstić information content (AvgIpc) is 2.79. The van der Waals surface area contributed by atoms with Crippen LogP contribution in [0.1, 0.15) is 12.8 Å². The van der Waals surface area contributed by atoms with Gasteiger partial charge in [0, 0.05) is 56.4 Å². The summed E-state index contributed by atoms with van der Waals surface area (Å²) in [5.74, 6) is 1.74. The number of piperidine rings is 2. The third-order valence-corrected chi connectivity index (χ3v) is 5.74. The Morgan fingerprint density at radius 1 is 0.826 bits per heavy atom. The number of pyridine rings is 2. The Kier molecular flexibility index (Phi) is 3.11. The topological polar surface area (TPSA) is 32.3 Å². The highest BCUT2D eigenvalue weighted by molar-refractivity contribution is 5.67. The van der Waals surface area contributed by atoms with Crippen LogP contribution in [-0.2, 0) is 0 Å². The van der Waals surface area contributed by atoms with Crippen LogP contribution < -0.4 is 4.90 Å². The van der Waals surface area contributed by atoms with Crippen molar-refractivity contribution in [3.8, 4) is 11.1 Å². The number of fused-ring (bicyclic) bond motifs is 1. The lowest BCUT2D eigenvalue weighted by atomic mass is 9.84. The van der Waals surface area contributed by atoms with Crippen molar-refractivity contribution in [2.24, 2.45) is 11.8 Å². The molecule has 4 aliphatic heterocycles. The van der Waals surface area contributed by atoms with Crippen molar-refractivity contribution < 1.29 is 0 Å². The minimum absolute atomic E-state index is 0.663. The summed E-state index contributed by atoms with van der Waals surface area (Å²) in [6.07, 6.45) is 10.5. The summed E-state index contributed by atoms with van der Waals surface area (Å²) in [4.78, 5) is 14.0. The van der Waals surface area contributed by atoms with E-state index in [2.05, 4.69) is 38.0 Å². The molecule has 0 spiro atoms. The lowest BCUT2D eigenvalue weighted by Gasteiger charge is -2.41. The Morgan fingerprint density at radius 2 is 1.70 bits per heavy atom. The van der Waals surface area contributed by atoms with Crippen LogP contribution >= 0.6 is 0 Å². The van der Waals surface area contributed by atoms with Crippen molar-refractivity contribution in [2.45, 2.75) is 18.9 Å². The molecule has 4 aliphatic rings. The Balaban J connectivity index is 1.50. The molecule has 4 atom stereocenters. The maximum atomic E-state index is 4.54. The Morgan fingerprint density at radius 3 is 2.57 bits per heavy atom. The zero-order chi connectivity index (χ0) is 15.2. The van der Waals surface area contributed by atoms with Crippen molar-refractivity contribution in [3.05, 3.63) is 43.0 Å². The van der Waals surface area contributed by atoms with Crippen LogP contribution in [0.25, 0.3) is 11.1 Å². The van der Waals surface area contributed by atoms with Crippen molar-refractivity contribution in [1.82, 2.24) is 14.9 Å². The van der Waals surface area contributed by atoms with Gasteiger partial charge in [0.2, 0.25) is 0 Å². The van der Waals surface area contributed by atoms with Gasteiger partial charge in [-0.15, -0.1) is 0 Å². The van der Waals surface area contributed by atoms with E-state index < -0.39 is 0 Å². The molecule has 2 aromatic rings. The van der Waals surface area contributed by atoms with E-state index in [1.165, 1.54) is 55.8 Å². The van der Waals surface area contributed by atoms with Gasteiger partial charge in [-0.3, -0.25) is 9.97 Å². The SMILES string of the molecule is c1cc(-c2cncc(N3CC4CC5CC3CN(C5)C4)c2)ccn1. The standard InChI is InChI=1S/C19H22N4/c1-3-20-4-2-16(1)17-7-18(9-21-8-17)23-12-15-5-14-6-19(23)13-22(10-14)11-15/h1-4,7-9,14-15,19H,5-6,10-13H2. The summed E-state index contributed by atoms with van der Waals surface area (Å²) in [5, 5.41) is 0. The Labute approximate surface area is 137 Å². The zero-order valence-corrected chi connectivity index (χ0v) is 13.3. The van der Waals surface area contributed by atoms with E-state index >= 15 is 0 Å². The fraction of sp³-hybridized carbons (Fsp3) is 0.474. The lowest BCUT2D eigenvalue weighted by Crippen LogP contribution is -2.49. The molecular formula is C19H22N4. The van der Waals surface area contributed by atoms with Crippen LogP contribution in [0.4, 0.5) is 5.69 Å². The first-order chi connectivity index (χ1) is 11.3. The van der Waals surface area contributed by atoms with Crippen molar-refractivity contribution >= 4 is 5.69 Å². The molecule has 4 unspecified atom stereocenters. The number of aromatic nitrogens is 2. The van der Waals surface area contributed by atoms with Crippen molar-refractivity contribution in [2.75, 3.05) is 31.1 Å². The highest BCUT2D eigenvalue weighted by Crippen LogP contribution is 2.38. The molecule has 4 nitrogen and oxygen atoms in total. The first-order valence-electron chi connectivity index (χ1n) is 8.69. The molecule has 23 heavy (non-hydrogen) atoms. The normalized spacial score (nSPS) is 32.1. The lowest BCUT2D eigenvalue weighted by molar-refractivity contribution is 0.0980. The van der Waals surface area contributed by atoms with Crippen molar-refractivity contribution in [3.63, 3.8) is 0 Å². The van der Waals surface area contributed by atoms with E-state index in [-0.39, 0.29) is 0 Å². The number of anilines is 1. The van der Waals surface area contributed by atoms with Gasteiger partial charge in [0.15, 0.2) is 0 Å². The molecule has 0 aliphatic carbocycles. The summed E-state index contributed by atoms with van der Waals surface area (Å²) in [6.45, 7) is 5.04. The van der Waals surface area contributed by atoms with Gasteiger partial charge in [-0.25, -0.2) is 0 Å². The molecule has 4 heteroatoms. The van der Waals surface area contributed by atoms with Gasteiger partial charge < -0.3 is 9.80 Å². The maximum Gasteiger partial charge on any atom is 0.0562 e. The summed E-state index contributed by atoms with van der Waals surface area (Å²) in [5.41, 5.74) is 3.67. The largest absolute Gasteiger partial charge is 0.366 e. The molecule has 118 valence electrons. The molecule has 0 N–H and O–H groups in total. The molecule has 0 saturated carbocycles. The first kappa shape index (κ1) is 13.5. The number of hydrogen-bond acceptors (Lipinski definition) is 4. The fourth-order valence-corrected chi connectivity index (χ4v) is 4.89. The third kappa shape index (κ3) is 2.41. The highest BCUT2D eigenvalue weighted by atomic mass is 15.3. The van der Waals surface area contributed by atoms with Crippen LogP contribution in [0.5, 0.6) is 0 Å². The molecule has 4 fully saturated rings. The molecule has 0 amide bonds. The number of rotatable bonds is 2. The molecular weight excluding hydrogens is 284 g/mol. The Hall–Kier alpha value is -1.94. The van der Waals surface area contributed by atoms with E-state index in [9.17, 15) is 0 Å². The summed E-state index contributed by atoms with van der Waals surface area (Å²) < 4.78 is 0. The van der Waals surface area contributed by atoms with E-state index in [0.717, 1.165) is 11.8 Å². The molecule has 4 saturated heterocycles. The average molecular weight is 306 g/mol. The second-order valence-electron chi connectivity index (χ2n) is 7.40. The van der Waals surface area contributed by atoms with Crippen LogP contribution in [0, 0.1) is 11.8 Å². The highest BCUT2D eigenvalue weighted by Gasteiger charge is 2.41.